The zero-order valence-electron chi connectivity index (χ0n) is 14.8. The van der Waals surface area contributed by atoms with E-state index in [0.29, 0.717) is 6.54 Å². The maximum absolute atomic E-state index is 12.4. The highest BCUT2D eigenvalue weighted by Gasteiger charge is 2.29. The van der Waals surface area contributed by atoms with Gasteiger partial charge in [-0.1, -0.05) is 24.3 Å². The fraction of sp³-hybridized carbons (Fsp3) is 0.632. The average molecular weight is 331 g/mol. The summed E-state index contributed by atoms with van der Waals surface area (Å²) in [7, 11) is 0. The Morgan fingerprint density at radius 2 is 2.04 bits per heavy atom. The predicted octanol–water partition coefficient (Wildman–Crippen LogP) is 2.47. The van der Waals surface area contributed by atoms with E-state index in [0.717, 1.165) is 45.6 Å². The molecule has 1 heterocycles. The molecule has 0 spiro atoms. The van der Waals surface area contributed by atoms with E-state index in [1.807, 2.05) is 0 Å². The molecule has 3 rings (SSSR count). The molecule has 0 unspecified atom stereocenters. The summed E-state index contributed by atoms with van der Waals surface area (Å²) in [5, 5.41) is 6.22. The number of nitrogens with one attached hydrogen (secondary N) is 2. The number of rotatable bonds is 4. The molecule has 1 aromatic carbocycles. The van der Waals surface area contributed by atoms with Crippen molar-refractivity contribution in [1.82, 2.24) is 15.5 Å². The molecule has 0 saturated carbocycles. The van der Waals surface area contributed by atoms with Gasteiger partial charge in [-0.3, -0.25) is 4.90 Å². The molecule has 1 saturated heterocycles. The van der Waals surface area contributed by atoms with Crippen molar-refractivity contribution in [2.75, 3.05) is 32.8 Å². The van der Waals surface area contributed by atoms with Gasteiger partial charge in [-0.25, -0.2) is 4.79 Å². The van der Waals surface area contributed by atoms with Crippen LogP contribution in [0.5, 0.6) is 0 Å². The largest absolute Gasteiger partial charge is 0.379 e. The van der Waals surface area contributed by atoms with Crippen molar-refractivity contribution >= 4 is 6.03 Å². The fourth-order valence-electron chi connectivity index (χ4n) is 3.69. The molecule has 5 heteroatoms. The van der Waals surface area contributed by atoms with E-state index in [-0.39, 0.29) is 17.6 Å². The van der Waals surface area contributed by atoms with Gasteiger partial charge in [-0.2, -0.15) is 0 Å². The Bertz CT molecular complexity index is 567. The minimum absolute atomic E-state index is 0.0639. The van der Waals surface area contributed by atoms with Gasteiger partial charge in [0.05, 0.1) is 19.3 Å². The number of morpholine rings is 1. The van der Waals surface area contributed by atoms with Gasteiger partial charge in [-0.05, 0) is 44.2 Å². The van der Waals surface area contributed by atoms with Gasteiger partial charge in [0.2, 0.25) is 0 Å². The summed E-state index contributed by atoms with van der Waals surface area (Å²) >= 11 is 0. The van der Waals surface area contributed by atoms with Crippen LogP contribution in [-0.4, -0.2) is 49.3 Å². The Labute approximate surface area is 144 Å². The molecule has 5 nitrogen and oxygen atoms in total. The fourth-order valence-corrected chi connectivity index (χ4v) is 3.69. The summed E-state index contributed by atoms with van der Waals surface area (Å²) in [6.45, 7) is 8.37. The minimum atomic E-state index is -0.0713. The SMILES string of the molecule is CC(C)(CNC(=O)N[C@@H]1CCCc2ccccc21)N1CCOCC1. The molecule has 24 heavy (non-hydrogen) atoms. The van der Waals surface area contributed by atoms with Crippen molar-refractivity contribution in [3.63, 3.8) is 0 Å². The van der Waals surface area contributed by atoms with Crippen LogP contribution in [0.1, 0.15) is 43.9 Å². The van der Waals surface area contributed by atoms with E-state index in [2.05, 4.69) is 53.6 Å². The smallest absolute Gasteiger partial charge is 0.315 e. The van der Waals surface area contributed by atoms with Gasteiger partial charge in [0.25, 0.3) is 0 Å². The predicted molar refractivity (Wildman–Crippen MR) is 95.1 cm³/mol. The molecule has 1 aliphatic heterocycles. The molecule has 132 valence electrons. The normalized spacial score (nSPS) is 21.8. The van der Waals surface area contributed by atoms with Gasteiger partial charge in [0, 0.05) is 25.2 Å². The lowest BCUT2D eigenvalue weighted by Crippen LogP contribution is -2.56. The van der Waals surface area contributed by atoms with E-state index in [1.54, 1.807) is 0 Å². The molecule has 0 radical (unpaired) electrons. The first-order valence-electron chi connectivity index (χ1n) is 9.01. The first-order valence-corrected chi connectivity index (χ1v) is 9.01. The highest BCUT2D eigenvalue weighted by molar-refractivity contribution is 5.74. The van der Waals surface area contributed by atoms with Crippen molar-refractivity contribution in [1.29, 1.82) is 0 Å². The number of fused-ring (bicyclic) bond motifs is 1. The van der Waals surface area contributed by atoms with Crippen LogP contribution in [0.3, 0.4) is 0 Å². The van der Waals surface area contributed by atoms with Crippen LogP contribution in [0.25, 0.3) is 0 Å². The number of hydrogen-bond donors (Lipinski definition) is 2. The van der Waals surface area contributed by atoms with Crippen molar-refractivity contribution in [2.45, 2.75) is 44.7 Å². The average Bonchev–Trinajstić information content (AvgIpc) is 2.61. The Morgan fingerprint density at radius 3 is 2.83 bits per heavy atom. The molecule has 0 bridgehead atoms. The van der Waals surface area contributed by atoms with E-state index in [4.69, 9.17) is 4.74 Å². The molecule has 1 fully saturated rings. The summed E-state index contributed by atoms with van der Waals surface area (Å²) in [6, 6.07) is 8.49. The summed E-state index contributed by atoms with van der Waals surface area (Å²) in [5.41, 5.74) is 2.57. The molecule has 2 amide bonds. The van der Waals surface area contributed by atoms with Gasteiger partial charge in [0.15, 0.2) is 0 Å². The van der Waals surface area contributed by atoms with Crippen LogP contribution < -0.4 is 10.6 Å². The molecule has 1 atom stereocenters. The third-order valence-electron chi connectivity index (χ3n) is 5.22. The highest BCUT2D eigenvalue weighted by Crippen LogP contribution is 2.29. The van der Waals surface area contributed by atoms with Crippen LogP contribution in [0.2, 0.25) is 0 Å². The maximum atomic E-state index is 12.4. The Balaban J connectivity index is 1.53. The number of carbonyl (C=O) groups excluding carboxylic acids is 1. The standard InChI is InChI=1S/C19H29N3O2/c1-19(2,22-10-12-24-13-11-22)14-20-18(23)21-17-9-5-7-15-6-3-4-8-16(15)17/h3-4,6,8,17H,5,7,9-14H2,1-2H3,(H2,20,21,23)/t17-/m1/s1. The van der Waals surface area contributed by atoms with Crippen molar-refractivity contribution < 1.29 is 9.53 Å². The molecule has 1 aromatic rings. The van der Waals surface area contributed by atoms with Crippen LogP contribution >= 0.6 is 0 Å². The monoisotopic (exact) mass is 331 g/mol. The number of nitrogens with zero attached hydrogens (tertiary/aromatic N) is 1. The Kier molecular flexibility index (Phi) is 5.41. The summed E-state index contributed by atoms with van der Waals surface area (Å²) in [4.78, 5) is 14.8. The van der Waals surface area contributed by atoms with Crippen molar-refractivity contribution in [2.24, 2.45) is 0 Å². The van der Waals surface area contributed by atoms with Crippen LogP contribution in [0.4, 0.5) is 4.79 Å². The zero-order chi connectivity index (χ0) is 17.0. The third-order valence-corrected chi connectivity index (χ3v) is 5.22. The topological polar surface area (TPSA) is 53.6 Å². The second kappa shape index (κ2) is 7.53. The third kappa shape index (κ3) is 4.08. The van der Waals surface area contributed by atoms with E-state index >= 15 is 0 Å². The quantitative estimate of drug-likeness (QED) is 0.891. The Morgan fingerprint density at radius 1 is 1.29 bits per heavy atom. The second-order valence-electron chi connectivity index (χ2n) is 7.38. The molecule has 2 aliphatic rings. The number of amides is 2. The van der Waals surface area contributed by atoms with Crippen LogP contribution in [0, 0.1) is 0 Å². The number of carbonyl (C=O) groups is 1. The lowest BCUT2D eigenvalue weighted by Gasteiger charge is -2.41. The molecular formula is C19H29N3O2. The molecule has 0 aromatic heterocycles. The van der Waals surface area contributed by atoms with Crippen molar-refractivity contribution in [3.8, 4) is 0 Å². The van der Waals surface area contributed by atoms with Gasteiger partial charge in [0.1, 0.15) is 0 Å². The molecule has 1 aliphatic carbocycles. The van der Waals surface area contributed by atoms with Crippen LogP contribution in [-0.2, 0) is 11.2 Å². The number of hydrogen-bond acceptors (Lipinski definition) is 3. The van der Waals surface area contributed by atoms with Crippen molar-refractivity contribution in [3.05, 3.63) is 35.4 Å². The highest BCUT2D eigenvalue weighted by atomic mass is 16.5. The summed E-state index contributed by atoms with van der Waals surface area (Å²) < 4.78 is 5.41. The molecule has 2 N–H and O–H groups in total. The molecular weight excluding hydrogens is 302 g/mol. The summed E-state index contributed by atoms with van der Waals surface area (Å²) in [6.07, 6.45) is 3.25. The van der Waals surface area contributed by atoms with Gasteiger partial charge in [-0.15, -0.1) is 0 Å². The number of urea groups is 1. The van der Waals surface area contributed by atoms with E-state index in [9.17, 15) is 4.79 Å². The first kappa shape index (κ1) is 17.2. The first-order chi connectivity index (χ1) is 11.6. The Hall–Kier alpha value is -1.59. The number of ether oxygens (including phenoxy) is 1. The van der Waals surface area contributed by atoms with E-state index < -0.39 is 0 Å². The second-order valence-corrected chi connectivity index (χ2v) is 7.38. The lowest BCUT2D eigenvalue weighted by atomic mass is 9.88. The minimum Gasteiger partial charge on any atom is -0.379 e. The maximum Gasteiger partial charge on any atom is 0.315 e. The number of benzene rings is 1. The van der Waals surface area contributed by atoms with Crippen LogP contribution in [0.15, 0.2) is 24.3 Å². The lowest BCUT2D eigenvalue weighted by molar-refractivity contribution is -0.00877. The zero-order valence-corrected chi connectivity index (χ0v) is 14.8. The number of aryl methyl sites for hydroxylation is 1. The van der Waals surface area contributed by atoms with E-state index in [1.165, 1.54) is 11.1 Å². The van der Waals surface area contributed by atoms with Gasteiger partial charge < -0.3 is 15.4 Å². The van der Waals surface area contributed by atoms with Gasteiger partial charge >= 0.3 is 6.03 Å². The summed E-state index contributed by atoms with van der Waals surface area (Å²) in [5.74, 6) is 0.